The summed E-state index contributed by atoms with van der Waals surface area (Å²) in [4.78, 5) is 11.6. The summed E-state index contributed by atoms with van der Waals surface area (Å²) in [5.74, 6) is -7.41. The maximum Gasteiger partial charge on any atom is 0.453 e. The van der Waals surface area contributed by atoms with Gasteiger partial charge < -0.3 is 10.2 Å². The zero-order chi connectivity index (χ0) is 21.1. The number of rotatable bonds is 7. The van der Waals surface area contributed by atoms with Crippen LogP contribution in [0.3, 0.4) is 0 Å². The Kier molecular flexibility index (Phi) is 6.67. The van der Waals surface area contributed by atoms with E-state index in [0.717, 1.165) is 12.1 Å². The third-order valence-electron chi connectivity index (χ3n) is 4.21. The number of halogens is 6. The van der Waals surface area contributed by atoms with Crippen LogP contribution in [0.1, 0.15) is 22.8 Å². The Morgan fingerprint density at radius 3 is 2.07 bits per heavy atom. The molecule has 0 saturated heterocycles. The number of hydrogen-bond donors (Lipinski definition) is 2. The van der Waals surface area contributed by atoms with Crippen LogP contribution in [0.25, 0.3) is 0 Å². The van der Waals surface area contributed by atoms with Crippen LogP contribution in [0.15, 0.2) is 48.5 Å². The third-order valence-corrected chi connectivity index (χ3v) is 4.44. The number of carboxylic acid groups (broad SMARTS) is 1. The molecule has 2 atom stereocenters. The highest BCUT2D eigenvalue weighted by Gasteiger charge is 2.57. The van der Waals surface area contributed by atoms with Gasteiger partial charge in [-0.05, 0) is 35.2 Å². The number of hydrogen-bond acceptors (Lipinski definition) is 2. The van der Waals surface area contributed by atoms with Crippen molar-refractivity contribution >= 4 is 17.6 Å². The minimum absolute atomic E-state index is 0.154. The first-order valence-electron chi connectivity index (χ1n) is 8.09. The van der Waals surface area contributed by atoms with Crippen LogP contribution >= 0.6 is 11.6 Å². The molecule has 3 nitrogen and oxygen atoms in total. The Morgan fingerprint density at radius 2 is 1.57 bits per heavy atom. The van der Waals surface area contributed by atoms with Gasteiger partial charge in [0.1, 0.15) is 0 Å². The minimum atomic E-state index is -5.65. The topological polar surface area (TPSA) is 57.5 Å². The van der Waals surface area contributed by atoms with Gasteiger partial charge in [0.2, 0.25) is 0 Å². The van der Waals surface area contributed by atoms with Crippen molar-refractivity contribution in [3.05, 3.63) is 70.2 Å². The molecule has 0 heterocycles. The van der Waals surface area contributed by atoms with Gasteiger partial charge in [-0.25, -0.2) is 0 Å². The lowest BCUT2D eigenvalue weighted by molar-refractivity contribution is -0.281. The summed E-state index contributed by atoms with van der Waals surface area (Å²) in [5.41, 5.74) is 0.419. The maximum atomic E-state index is 13.1. The Bertz CT molecular complexity index is 821. The van der Waals surface area contributed by atoms with Gasteiger partial charge in [-0.1, -0.05) is 48.0 Å². The van der Waals surface area contributed by atoms with Gasteiger partial charge in [0.25, 0.3) is 0 Å². The summed E-state index contributed by atoms with van der Waals surface area (Å²) in [7, 11) is 0. The molecule has 0 aliphatic heterocycles. The molecule has 2 N–H and O–H groups in total. The average molecular weight is 423 g/mol. The summed E-state index contributed by atoms with van der Waals surface area (Å²) < 4.78 is 63.1. The van der Waals surface area contributed by atoms with Crippen molar-refractivity contribution in [2.45, 2.75) is 31.0 Å². The second-order valence-corrected chi connectivity index (χ2v) is 6.78. The van der Waals surface area contributed by atoms with Crippen molar-refractivity contribution in [3.8, 4) is 0 Å². The van der Waals surface area contributed by atoms with E-state index in [-0.39, 0.29) is 12.0 Å². The van der Waals surface area contributed by atoms with E-state index < -0.39 is 36.5 Å². The molecule has 0 aliphatic carbocycles. The monoisotopic (exact) mass is 422 g/mol. The van der Waals surface area contributed by atoms with E-state index in [1.54, 1.807) is 12.1 Å². The van der Waals surface area contributed by atoms with Crippen molar-refractivity contribution in [1.29, 1.82) is 0 Å². The minimum Gasteiger partial charge on any atom is -0.481 e. The lowest BCUT2D eigenvalue weighted by atomic mass is 9.89. The van der Waals surface area contributed by atoms with Crippen LogP contribution in [0, 0.1) is 5.92 Å². The number of aliphatic carboxylic acids is 1. The molecular weight excluding hydrogens is 407 g/mol. The highest BCUT2D eigenvalue weighted by Crippen LogP contribution is 2.38. The molecule has 0 fully saturated rings. The smallest absolute Gasteiger partial charge is 0.453 e. The fraction of sp³-hybridized carbons (Fsp3) is 0.316. The van der Waals surface area contributed by atoms with Gasteiger partial charge in [0.05, 0.1) is 12.0 Å². The quantitative estimate of drug-likeness (QED) is 0.613. The van der Waals surface area contributed by atoms with Crippen LogP contribution in [0.4, 0.5) is 22.0 Å². The van der Waals surface area contributed by atoms with E-state index >= 15 is 0 Å². The summed E-state index contributed by atoms with van der Waals surface area (Å²) >= 11 is 5.84. The number of aliphatic hydroxyl groups is 1. The molecule has 0 spiro atoms. The molecule has 2 aromatic carbocycles. The number of alkyl halides is 5. The van der Waals surface area contributed by atoms with Gasteiger partial charge in [-0.15, -0.1) is 0 Å². The first kappa shape index (κ1) is 22.1. The SMILES string of the molecule is O=C(O)C(Cc1ccc(CC(F)(F)C(F)(F)F)cc1)C(O)c1cccc(Cl)c1. The summed E-state index contributed by atoms with van der Waals surface area (Å²) in [6.45, 7) is 0. The van der Waals surface area contributed by atoms with Gasteiger partial charge in [-0.3, -0.25) is 4.79 Å². The molecule has 0 bridgehead atoms. The van der Waals surface area contributed by atoms with Gasteiger partial charge in [0.15, 0.2) is 0 Å². The van der Waals surface area contributed by atoms with E-state index in [1.165, 1.54) is 24.3 Å². The second-order valence-electron chi connectivity index (χ2n) is 6.34. The molecule has 2 rings (SSSR count). The van der Waals surface area contributed by atoms with Gasteiger partial charge >= 0.3 is 18.1 Å². The summed E-state index contributed by atoms with van der Waals surface area (Å²) in [5, 5.41) is 20.1. The molecule has 152 valence electrons. The molecule has 28 heavy (non-hydrogen) atoms. The zero-order valence-electron chi connectivity index (χ0n) is 14.3. The van der Waals surface area contributed by atoms with Gasteiger partial charge in [-0.2, -0.15) is 22.0 Å². The van der Waals surface area contributed by atoms with E-state index in [1.807, 2.05) is 0 Å². The van der Waals surface area contributed by atoms with Crippen molar-refractivity contribution < 1.29 is 37.0 Å². The molecule has 0 aromatic heterocycles. The van der Waals surface area contributed by atoms with Crippen LogP contribution < -0.4 is 0 Å². The molecule has 2 unspecified atom stereocenters. The molecule has 9 heteroatoms. The number of carbonyl (C=O) groups is 1. The molecule has 0 aliphatic rings. The molecule has 0 saturated carbocycles. The predicted molar refractivity (Wildman–Crippen MR) is 92.4 cm³/mol. The number of aliphatic hydroxyl groups excluding tert-OH is 1. The average Bonchev–Trinajstić information content (AvgIpc) is 2.59. The predicted octanol–water partition coefficient (Wildman–Crippen LogP) is 5.06. The highest BCUT2D eigenvalue weighted by atomic mass is 35.5. The van der Waals surface area contributed by atoms with E-state index in [4.69, 9.17) is 11.6 Å². The van der Waals surface area contributed by atoms with Crippen LogP contribution in [0.2, 0.25) is 5.02 Å². The molecular formula is C19H16ClF5O3. The Hall–Kier alpha value is -2.19. The highest BCUT2D eigenvalue weighted by molar-refractivity contribution is 6.30. The van der Waals surface area contributed by atoms with Crippen molar-refractivity contribution in [2.24, 2.45) is 5.92 Å². The van der Waals surface area contributed by atoms with Crippen LogP contribution in [0.5, 0.6) is 0 Å². The molecule has 0 amide bonds. The fourth-order valence-corrected chi connectivity index (χ4v) is 2.86. The Morgan fingerprint density at radius 1 is 1.00 bits per heavy atom. The third kappa shape index (κ3) is 5.42. The van der Waals surface area contributed by atoms with Crippen LogP contribution in [-0.2, 0) is 17.6 Å². The summed E-state index contributed by atoms with van der Waals surface area (Å²) in [6.07, 6.45) is -8.70. The Labute approximate surface area is 162 Å². The normalized spacial score (nSPS) is 14.5. The van der Waals surface area contributed by atoms with Gasteiger partial charge in [0, 0.05) is 11.4 Å². The van der Waals surface area contributed by atoms with Crippen molar-refractivity contribution in [2.75, 3.05) is 0 Å². The maximum absolute atomic E-state index is 13.1. The largest absolute Gasteiger partial charge is 0.481 e. The van der Waals surface area contributed by atoms with E-state index in [0.29, 0.717) is 16.1 Å². The van der Waals surface area contributed by atoms with Crippen molar-refractivity contribution in [3.63, 3.8) is 0 Å². The number of benzene rings is 2. The molecule has 2 aromatic rings. The van der Waals surface area contributed by atoms with Crippen LogP contribution in [-0.4, -0.2) is 28.3 Å². The fourth-order valence-electron chi connectivity index (χ4n) is 2.66. The van der Waals surface area contributed by atoms with E-state index in [9.17, 15) is 37.0 Å². The second kappa shape index (κ2) is 8.45. The first-order valence-corrected chi connectivity index (χ1v) is 8.47. The first-order chi connectivity index (χ1) is 12.9. The molecule has 0 radical (unpaired) electrons. The van der Waals surface area contributed by atoms with E-state index in [2.05, 4.69) is 0 Å². The lowest BCUT2D eigenvalue weighted by Crippen LogP contribution is -2.38. The summed E-state index contributed by atoms with van der Waals surface area (Å²) in [6, 6.07) is 10.7. The van der Waals surface area contributed by atoms with Crippen molar-refractivity contribution in [1.82, 2.24) is 0 Å². The standard InChI is InChI=1S/C19H16ClF5O3/c20-14-3-1-2-13(9-14)16(26)15(17(27)28)8-11-4-6-12(7-5-11)10-18(21,22)19(23,24)25/h1-7,9,15-16,26H,8,10H2,(H,27,28). The Balaban J connectivity index is 2.15. The number of carboxylic acids is 1. The lowest BCUT2D eigenvalue weighted by Gasteiger charge is -2.21. The zero-order valence-corrected chi connectivity index (χ0v) is 15.0.